The predicted octanol–water partition coefficient (Wildman–Crippen LogP) is 4.02. The number of rotatable bonds is 2. The largest absolute Gasteiger partial charge is 0.322 e. The first kappa shape index (κ1) is 16.0. The Hall–Kier alpha value is -3.53. The molecule has 4 nitrogen and oxygen atoms in total. The number of nitrogens with one attached hydrogen (secondary N) is 1. The number of amides is 1. The van der Waals surface area contributed by atoms with Crippen LogP contribution in [0.4, 0.5) is 5.69 Å². The van der Waals surface area contributed by atoms with Gasteiger partial charge in [0.2, 0.25) is 0 Å². The molecule has 4 heteroatoms. The van der Waals surface area contributed by atoms with Crippen LogP contribution in [0.5, 0.6) is 0 Å². The highest BCUT2D eigenvalue weighted by atomic mass is 16.2. The molecule has 0 heterocycles. The lowest BCUT2D eigenvalue weighted by molar-refractivity contribution is 0.0979. The third-order valence-corrected chi connectivity index (χ3v) is 4.46. The molecule has 0 fully saturated rings. The molecule has 1 aliphatic carbocycles. The van der Waals surface area contributed by atoms with Gasteiger partial charge in [0.1, 0.15) is 0 Å². The highest BCUT2D eigenvalue weighted by Gasteiger charge is 2.29. The number of carbonyl (C=O) groups is 3. The van der Waals surface area contributed by atoms with E-state index in [1.54, 1.807) is 54.6 Å². The smallest absolute Gasteiger partial charge is 0.255 e. The van der Waals surface area contributed by atoms with Crippen LogP contribution in [0.15, 0.2) is 66.7 Å². The van der Waals surface area contributed by atoms with Crippen molar-refractivity contribution in [3.05, 3.63) is 100 Å². The van der Waals surface area contributed by atoms with Gasteiger partial charge in [-0.3, -0.25) is 14.4 Å². The van der Waals surface area contributed by atoms with Crippen molar-refractivity contribution in [1.29, 1.82) is 0 Å². The van der Waals surface area contributed by atoms with E-state index in [4.69, 9.17) is 0 Å². The molecule has 0 bridgehead atoms. The molecule has 26 heavy (non-hydrogen) atoms. The van der Waals surface area contributed by atoms with E-state index in [9.17, 15) is 14.4 Å². The summed E-state index contributed by atoms with van der Waals surface area (Å²) in [5, 5.41) is 2.79. The van der Waals surface area contributed by atoms with Crippen molar-refractivity contribution < 1.29 is 14.4 Å². The monoisotopic (exact) mass is 341 g/mol. The molecular formula is C22H15NO3. The van der Waals surface area contributed by atoms with Gasteiger partial charge in [0.05, 0.1) is 0 Å². The summed E-state index contributed by atoms with van der Waals surface area (Å²) in [5.41, 5.74) is 3.50. The minimum atomic E-state index is -0.261. The summed E-state index contributed by atoms with van der Waals surface area (Å²) in [4.78, 5) is 37.8. The lowest BCUT2D eigenvalue weighted by atomic mass is 9.84. The fraction of sp³-hybridized carbons (Fsp3) is 0.0455. The Kier molecular flexibility index (Phi) is 3.73. The standard InChI is InChI=1S/C22H15NO3/c1-13-5-4-6-14(11-13)22(26)23-15-9-10-18-19(12-15)21(25)17-8-3-2-7-16(17)20(18)24/h2-12H,1H3,(H,23,26). The maximum absolute atomic E-state index is 12.7. The third kappa shape index (κ3) is 2.62. The normalized spacial score (nSPS) is 12.3. The van der Waals surface area contributed by atoms with E-state index in [1.165, 1.54) is 0 Å². The number of hydrogen-bond donors (Lipinski definition) is 1. The van der Waals surface area contributed by atoms with Crippen molar-refractivity contribution in [1.82, 2.24) is 0 Å². The molecule has 1 N–H and O–H groups in total. The van der Waals surface area contributed by atoms with E-state index >= 15 is 0 Å². The van der Waals surface area contributed by atoms with Crippen molar-refractivity contribution >= 4 is 23.2 Å². The van der Waals surface area contributed by atoms with Crippen molar-refractivity contribution in [2.24, 2.45) is 0 Å². The molecule has 0 spiro atoms. The number of ketones is 2. The van der Waals surface area contributed by atoms with Gasteiger partial charge >= 0.3 is 0 Å². The zero-order valence-electron chi connectivity index (χ0n) is 14.1. The molecular weight excluding hydrogens is 326 g/mol. The Labute approximate surface area is 150 Å². The van der Waals surface area contributed by atoms with Crippen LogP contribution in [0.3, 0.4) is 0 Å². The Morgan fingerprint density at radius 2 is 1.38 bits per heavy atom. The van der Waals surface area contributed by atoms with Gasteiger partial charge < -0.3 is 5.32 Å². The Morgan fingerprint density at radius 3 is 2.08 bits per heavy atom. The molecule has 1 amide bonds. The number of hydrogen-bond acceptors (Lipinski definition) is 3. The lowest BCUT2D eigenvalue weighted by Gasteiger charge is -2.18. The van der Waals surface area contributed by atoms with Crippen LogP contribution in [0.1, 0.15) is 47.8 Å². The van der Waals surface area contributed by atoms with Gasteiger partial charge in [-0.25, -0.2) is 0 Å². The third-order valence-electron chi connectivity index (χ3n) is 4.46. The summed E-state index contributed by atoms with van der Waals surface area (Å²) in [6.45, 7) is 1.91. The van der Waals surface area contributed by atoms with E-state index < -0.39 is 0 Å². The summed E-state index contributed by atoms with van der Waals surface area (Å²) < 4.78 is 0. The second-order valence-electron chi connectivity index (χ2n) is 6.29. The first-order chi connectivity index (χ1) is 12.5. The van der Waals surface area contributed by atoms with Crippen LogP contribution in [-0.2, 0) is 0 Å². The van der Waals surface area contributed by atoms with Crippen molar-refractivity contribution in [3.63, 3.8) is 0 Å². The quantitative estimate of drug-likeness (QED) is 0.599. The van der Waals surface area contributed by atoms with Gasteiger partial charge in [0.25, 0.3) is 5.91 Å². The molecule has 126 valence electrons. The average Bonchev–Trinajstić information content (AvgIpc) is 2.66. The highest BCUT2D eigenvalue weighted by molar-refractivity contribution is 6.28. The van der Waals surface area contributed by atoms with Crippen molar-refractivity contribution in [3.8, 4) is 0 Å². The van der Waals surface area contributed by atoms with Crippen LogP contribution in [0.2, 0.25) is 0 Å². The van der Waals surface area contributed by atoms with Gasteiger partial charge in [-0.2, -0.15) is 0 Å². The summed E-state index contributed by atoms with van der Waals surface area (Å²) in [6, 6.07) is 18.8. The minimum Gasteiger partial charge on any atom is -0.322 e. The van der Waals surface area contributed by atoms with Crippen LogP contribution >= 0.6 is 0 Å². The summed E-state index contributed by atoms with van der Waals surface area (Å²) in [5.74, 6) is -0.641. The Morgan fingerprint density at radius 1 is 0.731 bits per heavy atom. The summed E-state index contributed by atoms with van der Waals surface area (Å²) >= 11 is 0. The average molecular weight is 341 g/mol. The number of carbonyl (C=O) groups excluding carboxylic acids is 3. The van der Waals surface area contributed by atoms with E-state index in [-0.39, 0.29) is 17.5 Å². The number of benzene rings is 3. The van der Waals surface area contributed by atoms with Gasteiger partial charge in [0, 0.05) is 33.5 Å². The van der Waals surface area contributed by atoms with Crippen LogP contribution in [-0.4, -0.2) is 17.5 Å². The van der Waals surface area contributed by atoms with Crippen molar-refractivity contribution in [2.45, 2.75) is 6.92 Å². The van der Waals surface area contributed by atoms with E-state index in [2.05, 4.69) is 5.32 Å². The molecule has 0 atom stereocenters. The fourth-order valence-electron chi connectivity index (χ4n) is 3.17. The summed E-state index contributed by atoms with van der Waals surface area (Å²) in [7, 11) is 0. The molecule has 0 aromatic heterocycles. The molecule has 3 aromatic rings. The molecule has 3 aromatic carbocycles. The van der Waals surface area contributed by atoms with Crippen LogP contribution < -0.4 is 5.32 Å². The Bertz CT molecular complexity index is 1080. The highest BCUT2D eigenvalue weighted by Crippen LogP contribution is 2.29. The molecule has 0 saturated heterocycles. The SMILES string of the molecule is Cc1cccc(C(=O)Nc2ccc3c(c2)C(=O)c2ccccc2C3=O)c1. The lowest BCUT2D eigenvalue weighted by Crippen LogP contribution is -2.21. The molecule has 1 aliphatic rings. The first-order valence-electron chi connectivity index (χ1n) is 8.25. The molecule has 0 saturated carbocycles. The minimum absolute atomic E-state index is 0.174. The maximum atomic E-state index is 12.7. The van der Waals surface area contributed by atoms with Gasteiger partial charge in [-0.1, -0.05) is 42.0 Å². The first-order valence-corrected chi connectivity index (χ1v) is 8.25. The predicted molar refractivity (Wildman–Crippen MR) is 98.9 cm³/mol. The molecule has 0 aliphatic heterocycles. The van der Waals surface area contributed by atoms with E-state index in [0.29, 0.717) is 33.5 Å². The van der Waals surface area contributed by atoms with Crippen molar-refractivity contribution in [2.75, 3.05) is 5.32 Å². The van der Waals surface area contributed by atoms with Gasteiger partial charge in [-0.15, -0.1) is 0 Å². The van der Waals surface area contributed by atoms with E-state index in [0.717, 1.165) is 5.56 Å². The number of aryl methyl sites for hydroxylation is 1. The zero-order chi connectivity index (χ0) is 18.3. The van der Waals surface area contributed by atoms with E-state index in [1.807, 2.05) is 19.1 Å². The second-order valence-corrected chi connectivity index (χ2v) is 6.29. The number of fused-ring (bicyclic) bond motifs is 2. The molecule has 0 radical (unpaired) electrons. The topological polar surface area (TPSA) is 63.2 Å². The fourth-order valence-corrected chi connectivity index (χ4v) is 3.17. The number of anilines is 1. The van der Waals surface area contributed by atoms with Gasteiger partial charge in [-0.05, 0) is 37.3 Å². The Balaban J connectivity index is 1.68. The summed E-state index contributed by atoms with van der Waals surface area (Å²) in [6.07, 6.45) is 0. The second kappa shape index (κ2) is 6.08. The zero-order valence-corrected chi connectivity index (χ0v) is 14.1. The molecule has 4 rings (SSSR count). The molecule has 0 unspecified atom stereocenters. The van der Waals surface area contributed by atoms with Crippen LogP contribution in [0, 0.1) is 6.92 Å². The van der Waals surface area contributed by atoms with Gasteiger partial charge in [0.15, 0.2) is 11.6 Å². The van der Waals surface area contributed by atoms with Crippen LogP contribution in [0.25, 0.3) is 0 Å². The maximum Gasteiger partial charge on any atom is 0.255 e.